The molecule has 0 saturated carbocycles. The molecule has 0 N–H and O–H groups in total. The van der Waals surface area contributed by atoms with Crippen LogP contribution in [0.15, 0.2) is 0 Å². The van der Waals surface area contributed by atoms with Gasteiger partial charge in [0.05, 0.1) is 4.32 Å². The Bertz CT molecular complexity index is 70.9. The van der Waals surface area contributed by atoms with Crippen molar-refractivity contribution in [1.29, 1.82) is 0 Å². The number of rotatable bonds is 4. The van der Waals surface area contributed by atoms with Gasteiger partial charge in [-0.2, -0.15) is 0 Å². The topological polar surface area (TPSA) is 0 Å². The van der Waals surface area contributed by atoms with Crippen LogP contribution in [0.5, 0.6) is 0 Å². The highest BCUT2D eigenvalue weighted by Gasteiger charge is 1.88. The van der Waals surface area contributed by atoms with Crippen molar-refractivity contribution in [3.05, 3.63) is 0 Å². The molecule has 0 heterocycles. The average Bonchev–Trinajstić information content (AvgIpc) is 1.66. The third kappa shape index (κ3) is 6.38. The van der Waals surface area contributed by atoms with E-state index in [-0.39, 0.29) is 0 Å². The lowest BCUT2D eigenvalue weighted by Crippen LogP contribution is -1.81. The van der Waals surface area contributed by atoms with Gasteiger partial charge in [-0.25, -0.2) is 0 Å². The zero-order chi connectivity index (χ0) is 6.41. The van der Waals surface area contributed by atoms with Crippen LogP contribution < -0.4 is 0 Å². The molecule has 0 spiro atoms. The highest BCUT2D eigenvalue weighted by atomic mass is 35.5. The SMILES string of the molecule is CCCCCC(=S)Cl. The Hall–Kier alpha value is 0.380. The molecule has 0 bridgehead atoms. The van der Waals surface area contributed by atoms with Gasteiger partial charge in [-0.3, -0.25) is 0 Å². The van der Waals surface area contributed by atoms with Gasteiger partial charge in [-0.15, -0.1) is 0 Å². The molecule has 0 amide bonds. The zero-order valence-corrected chi connectivity index (χ0v) is 6.69. The van der Waals surface area contributed by atoms with Gasteiger partial charge < -0.3 is 0 Å². The molecule has 0 fully saturated rings. The predicted molar refractivity (Wildman–Crippen MR) is 42.6 cm³/mol. The van der Waals surface area contributed by atoms with E-state index in [0.29, 0.717) is 4.32 Å². The number of hydrogen-bond donors (Lipinski definition) is 0. The van der Waals surface area contributed by atoms with Crippen LogP contribution in [0, 0.1) is 0 Å². The van der Waals surface area contributed by atoms with E-state index in [2.05, 4.69) is 19.1 Å². The van der Waals surface area contributed by atoms with Crippen molar-refractivity contribution >= 4 is 28.1 Å². The lowest BCUT2D eigenvalue weighted by Gasteiger charge is -1.91. The van der Waals surface area contributed by atoms with Crippen LogP contribution >= 0.6 is 23.8 Å². The first-order valence-electron chi connectivity index (χ1n) is 2.95. The summed E-state index contributed by atoms with van der Waals surface area (Å²) < 4.78 is 0.624. The second-order valence-corrected chi connectivity index (χ2v) is 2.99. The van der Waals surface area contributed by atoms with Crippen LogP contribution in [0.1, 0.15) is 32.6 Å². The van der Waals surface area contributed by atoms with Crippen molar-refractivity contribution in [2.24, 2.45) is 0 Å². The van der Waals surface area contributed by atoms with Gasteiger partial charge in [0.15, 0.2) is 0 Å². The second-order valence-electron chi connectivity index (χ2n) is 1.81. The van der Waals surface area contributed by atoms with Gasteiger partial charge in [0.25, 0.3) is 0 Å². The van der Waals surface area contributed by atoms with E-state index in [1.165, 1.54) is 12.8 Å². The zero-order valence-electron chi connectivity index (χ0n) is 5.11. The first-order valence-corrected chi connectivity index (χ1v) is 3.74. The Kier molecular flexibility index (Phi) is 5.78. The van der Waals surface area contributed by atoms with Crippen LogP contribution in [0.2, 0.25) is 0 Å². The number of unbranched alkanes of at least 4 members (excludes halogenated alkanes) is 2. The van der Waals surface area contributed by atoms with Crippen molar-refractivity contribution in [3.8, 4) is 0 Å². The summed E-state index contributed by atoms with van der Waals surface area (Å²) in [5.74, 6) is 0. The molecule has 0 nitrogen and oxygen atoms in total. The van der Waals surface area contributed by atoms with E-state index in [9.17, 15) is 0 Å². The van der Waals surface area contributed by atoms with Crippen LogP contribution in [0.4, 0.5) is 0 Å². The summed E-state index contributed by atoms with van der Waals surface area (Å²) in [7, 11) is 0. The molecule has 0 rings (SSSR count). The van der Waals surface area contributed by atoms with Crippen molar-refractivity contribution in [3.63, 3.8) is 0 Å². The molecule has 0 aliphatic carbocycles. The van der Waals surface area contributed by atoms with E-state index < -0.39 is 0 Å². The molecule has 0 atom stereocenters. The maximum Gasteiger partial charge on any atom is 0.0808 e. The Labute approximate surface area is 61.2 Å². The van der Waals surface area contributed by atoms with Gasteiger partial charge in [-0.1, -0.05) is 43.6 Å². The number of hydrogen-bond acceptors (Lipinski definition) is 1. The van der Waals surface area contributed by atoms with Gasteiger partial charge in [0, 0.05) is 0 Å². The molecule has 0 saturated heterocycles. The van der Waals surface area contributed by atoms with E-state index in [1.54, 1.807) is 0 Å². The monoisotopic (exact) mass is 150 g/mol. The molecule has 0 aromatic heterocycles. The van der Waals surface area contributed by atoms with E-state index in [0.717, 1.165) is 12.8 Å². The molecule has 0 aromatic carbocycles. The molecular formula is C6H11ClS. The van der Waals surface area contributed by atoms with Crippen molar-refractivity contribution in [2.45, 2.75) is 32.6 Å². The first-order chi connectivity index (χ1) is 3.77. The Morgan fingerprint density at radius 2 is 2.12 bits per heavy atom. The highest BCUT2D eigenvalue weighted by Crippen LogP contribution is 2.02. The largest absolute Gasteiger partial charge is 0.0808 e. The average molecular weight is 151 g/mol. The van der Waals surface area contributed by atoms with Gasteiger partial charge in [0.2, 0.25) is 0 Å². The predicted octanol–water partition coefficient (Wildman–Crippen LogP) is 3.13. The maximum atomic E-state index is 5.44. The summed E-state index contributed by atoms with van der Waals surface area (Å²) in [4.78, 5) is 0. The van der Waals surface area contributed by atoms with Crippen LogP contribution in [0.25, 0.3) is 0 Å². The van der Waals surface area contributed by atoms with Crippen molar-refractivity contribution in [2.75, 3.05) is 0 Å². The van der Waals surface area contributed by atoms with Gasteiger partial charge in [-0.05, 0) is 12.8 Å². The summed E-state index contributed by atoms with van der Waals surface area (Å²) in [6, 6.07) is 0. The standard InChI is InChI=1S/C6H11ClS/c1-2-3-4-5-6(7)8/h2-5H2,1H3. The minimum atomic E-state index is 0.624. The Morgan fingerprint density at radius 3 is 2.50 bits per heavy atom. The molecule has 0 radical (unpaired) electrons. The fraction of sp³-hybridized carbons (Fsp3) is 0.833. The normalized spacial score (nSPS) is 9.25. The van der Waals surface area contributed by atoms with Gasteiger partial charge in [0.1, 0.15) is 0 Å². The van der Waals surface area contributed by atoms with Crippen LogP contribution in [-0.2, 0) is 0 Å². The minimum Gasteiger partial charge on any atom is -0.0765 e. The summed E-state index contributed by atoms with van der Waals surface area (Å²) in [6.07, 6.45) is 4.54. The fourth-order valence-electron chi connectivity index (χ4n) is 0.514. The summed E-state index contributed by atoms with van der Waals surface area (Å²) in [5.41, 5.74) is 0. The smallest absolute Gasteiger partial charge is 0.0765 e. The molecule has 2 heteroatoms. The third-order valence-corrected chi connectivity index (χ3v) is 1.37. The quantitative estimate of drug-likeness (QED) is 0.337. The molecule has 0 aromatic rings. The van der Waals surface area contributed by atoms with E-state index in [4.69, 9.17) is 11.6 Å². The molecule has 0 unspecified atom stereocenters. The van der Waals surface area contributed by atoms with E-state index >= 15 is 0 Å². The Morgan fingerprint density at radius 1 is 1.50 bits per heavy atom. The van der Waals surface area contributed by atoms with Crippen molar-refractivity contribution in [1.82, 2.24) is 0 Å². The molecule has 0 aliphatic heterocycles. The number of halogens is 1. The van der Waals surface area contributed by atoms with E-state index in [1.807, 2.05) is 0 Å². The third-order valence-electron chi connectivity index (χ3n) is 0.977. The van der Waals surface area contributed by atoms with Crippen molar-refractivity contribution < 1.29 is 0 Å². The fourth-order valence-corrected chi connectivity index (χ4v) is 0.792. The molecule has 8 heavy (non-hydrogen) atoms. The first kappa shape index (κ1) is 8.38. The van der Waals surface area contributed by atoms with Gasteiger partial charge >= 0.3 is 0 Å². The summed E-state index contributed by atoms with van der Waals surface area (Å²) in [5, 5.41) is 0. The minimum absolute atomic E-state index is 0.624. The van der Waals surface area contributed by atoms with Crippen LogP contribution in [-0.4, -0.2) is 4.32 Å². The van der Waals surface area contributed by atoms with Crippen LogP contribution in [0.3, 0.4) is 0 Å². The summed E-state index contributed by atoms with van der Waals surface area (Å²) in [6.45, 7) is 2.16. The molecule has 0 aliphatic rings. The maximum absolute atomic E-state index is 5.44. The summed E-state index contributed by atoms with van der Waals surface area (Å²) >= 11 is 10.1. The molecular weight excluding hydrogens is 140 g/mol. The highest BCUT2D eigenvalue weighted by molar-refractivity contribution is 7.83. The lowest BCUT2D eigenvalue weighted by molar-refractivity contribution is 0.747. The Balaban J connectivity index is 2.82. The lowest BCUT2D eigenvalue weighted by atomic mass is 10.2. The number of thiocarbonyl (C=S) groups is 1. The second kappa shape index (κ2) is 5.52. The molecule has 48 valence electrons.